The molecule has 120 valence electrons. The Morgan fingerprint density at radius 3 is 2.17 bits per heavy atom. The summed E-state index contributed by atoms with van der Waals surface area (Å²) in [6.45, 7) is 4.02. The van der Waals surface area contributed by atoms with E-state index >= 15 is 0 Å². The molecule has 0 aliphatic heterocycles. The Morgan fingerprint density at radius 2 is 1.52 bits per heavy atom. The summed E-state index contributed by atoms with van der Waals surface area (Å²) >= 11 is 11.8. The molecule has 23 heavy (non-hydrogen) atoms. The van der Waals surface area contributed by atoms with Crippen molar-refractivity contribution in [3.05, 3.63) is 58.1 Å². The third-order valence-electron chi connectivity index (χ3n) is 3.21. The number of rotatable bonds is 3. The topological polar surface area (TPSA) is 58.2 Å². The molecule has 2 aromatic carbocycles. The van der Waals surface area contributed by atoms with Crippen molar-refractivity contribution in [3.63, 3.8) is 0 Å². The van der Waals surface area contributed by atoms with Crippen LogP contribution in [0.4, 0.5) is 11.4 Å². The van der Waals surface area contributed by atoms with E-state index in [-0.39, 0.29) is 11.6 Å². The molecule has 2 N–H and O–H groups in total. The molecule has 0 saturated heterocycles. The summed E-state index contributed by atoms with van der Waals surface area (Å²) in [7, 11) is 0. The molecule has 0 aliphatic carbocycles. The minimum absolute atomic E-state index is 0.219. The van der Waals surface area contributed by atoms with Crippen LogP contribution in [0.1, 0.15) is 25.3 Å². The summed E-state index contributed by atoms with van der Waals surface area (Å²) in [5.41, 5.74) is 1.85. The van der Waals surface area contributed by atoms with Crippen molar-refractivity contribution >= 4 is 46.4 Å². The normalized spacial score (nSPS) is 10.5. The van der Waals surface area contributed by atoms with Gasteiger partial charge in [0.05, 0.1) is 10.7 Å². The summed E-state index contributed by atoms with van der Waals surface area (Å²) in [5, 5.41) is 5.79. The second-order valence-electron chi connectivity index (χ2n) is 5.27. The summed E-state index contributed by atoms with van der Waals surface area (Å²) in [6, 6.07) is 12.0. The van der Waals surface area contributed by atoms with Gasteiger partial charge in [-0.1, -0.05) is 55.2 Å². The van der Waals surface area contributed by atoms with Crippen LogP contribution in [-0.2, 0) is 9.59 Å². The Bertz CT molecular complexity index is 745. The molecule has 0 bridgehead atoms. The van der Waals surface area contributed by atoms with Gasteiger partial charge in [-0.2, -0.15) is 0 Å². The van der Waals surface area contributed by atoms with Gasteiger partial charge in [-0.05, 0) is 35.7 Å². The lowest BCUT2D eigenvalue weighted by molar-refractivity contribution is -0.133. The lowest BCUT2D eigenvalue weighted by Gasteiger charge is -2.13. The van der Waals surface area contributed by atoms with Crippen molar-refractivity contribution in [1.29, 1.82) is 0 Å². The van der Waals surface area contributed by atoms with Crippen molar-refractivity contribution < 1.29 is 9.59 Å². The van der Waals surface area contributed by atoms with Gasteiger partial charge in [0, 0.05) is 10.7 Å². The molecule has 0 aromatic heterocycles. The Labute approximate surface area is 144 Å². The maximum atomic E-state index is 12.1. The number of hydrogen-bond donors (Lipinski definition) is 2. The Balaban J connectivity index is 2.12. The van der Waals surface area contributed by atoms with Gasteiger partial charge in [-0.25, -0.2) is 0 Å². The second-order valence-corrected chi connectivity index (χ2v) is 6.12. The molecule has 0 fully saturated rings. The molecule has 0 aliphatic rings. The van der Waals surface area contributed by atoms with Crippen LogP contribution >= 0.6 is 23.2 Å². The first kappa shape index (κ1) is 17.3. The number of amides is 2. The van der Waals surface area contributed by atoms with E-state index in [2.05, 4.69) is 10.6 Å². The molecular formula is C17H16Cl2N2O2. The molecule has 0 unspecified atom stereocenters. The quantitative estimate of drug-likeness (QED) is 0.788. The van der Waals surface area contributed by atoms with E-state index in [4.69, 9.17) is 23.2 Å². The van der Waals surface area contributed by atoms with E-state index in [0.717, 1.165) is 5.56 Å². The summed E-state index contributed by atoms with van der Waals surface area (Å²) in [5.74, 6) is -1.36. The molecule has 0 spiro atoms. The molecule has 0 heterocycles. The van der Waals surface area contributed by atoms with Gasteiger partial charge in [0.15, 0.2) is 0 Å². The van der Waals surface area contributed by atoms with Crippen LogP contribution in [0.25, 0.3) is 0 Å². The average Bonchev–Trinajstić information content (AvgIpc) is 2.51. The molecule has 2 amide bonds. The fourth-order valence-corrected chi connectivity index (χ4v) is 2.40. The van der Waals surface area contributed by atoms with Gasteiger partial charge in [0.25, 0.3) is 0 Å². The van der Waals surface area contributed by atoms with Crippen LogP contribution in [0.2, 0.25) is 10.0 Å². The highest BCUT2D eigenvalue weighted by Crippen LogP contribution is 2.26. The van der Waals surface area contributed by atoms with Crippen LogP contribution in [0.3, 0.4) is 0 Å². The van der Waals surface area contributed by atoms with E-state index in [0.29, 0.717) is 15.7 Å². The van der Waals surface area contributed by atoms with Crippen molar-refractivity contribution in [2.45, 2.75) is 19.8 Å². The largest absolute Gasteiger partial charge is 0.318 e. The van der Waals surface area contributed by atoms with E-state index in [1.807, 2.05) is 26.0 Å². The fraction of sp³-hybridized carbons (Fsp3) is 0.176. The molecule has 0 atom stereocenters. The first-order valence-corrected chi connectivity index (χ1v) is 7.80. The maximum absolute atomic E-state index is 12.1. The van der Waals surface area contributed by atoms with Crippen LogP contribution < -0.4 is 10.6 Å². The van der Waals surface area contributed by atoms with Crippen molar-refractivity contribution in [1.82, 2.24) is 0 Å². The van der Waals surface area contributed by atoms with Gasteiger partial charge in [-0.3, -0.25) is 9.59 Å². The second kappa shape index (κ2) is 7.49. The minimum atomic E-state index is -0.812. The van der Waals surface area contributed by atoms with Gasteiger partial charge in [-0.15, -0.1) is 0 Å². The van der Waals surface area contributed by atoms with Crippen LogP contribution in [-0.4, -0.2) is 11.8 Å². The number of carbonyl (C=O) groups excluding carboxylic acids is 2. The Hall–Kier alpha value is -2.04. The molecule has 0 radical (unpaired) electrons. The van der Waals surface area contributed by atoms with Crippen LogP contribution in [0.15, 0.2) is 42.5 Å². The third-order valence-corrected chi connectivity index (χ3v) is 3.78. The number of nitrogens with one attached hydrogen (secondary N) is 2. The third kappa shape index (κ3) is 4.47. The number of para-hydroxylation sites is 1. The lowest BCUT2D eigenvalue weighted by Crippen LogP contribution is -2.29. The number of halogens is 2. The van der Waals surface area contributed by atoms with Gasteiger partial charge in [0.2, 0.25) is 0 Å². The lowest BCUT2D eigenvalue weighted by atomic mass is 10.0. The minimum Gasteiger partial charge on any atom is -0.318 e. The van der Waals surface area contributed by atoms with Crippen LogP contribution in [0, 0.1) is 0 Å². The average molecular weight is 351 g/mol. The van der Waals surface area contributed by atoms with Crippen LogP contribution in [0.5, 0.6) is 0 Å². The smallest absolute Gasteiger partial charge is 0.314 e. The molecule has 4 nitrogen and oxygen atoms in total. The Kier molecular flexibility index (Phi) is 5.64. The highest BCUT2D eigenvalue weighted by Gasteiger charge is 2.17. The predicted octanol–water partition coefficient (Wildman–Crippen LogP) is 4.69. The number of anilines is 2. The van der Waals surface area contributed by atoms with Crippen molar-refractivity contribution in [2.75, 3.05) is 10.6 Å². The fourth-order valence-electron chi connectivity index (χ4n) is 2.07. The van der Waals surface area contributed by atoms with Crippen molar-refractivity contribution in [3.8, 4) is 0 Å². The van der Waals surface area contributed by atoms with Gasteiger partial charge in [0.1, 0.15) is 0 Å². The first-order valence-electron chi connectivity index (χ1n) is 7.04. The molecule has 0 saturated carbocycles. The number of benzene rings is 2. The van der Waals surface area contributed by atoms with Gasteiger partial charge >= 0.3 is 11.8 Å². The zero-order chi connectivity index (χ0) is 17.0. The molecule has 2 aromatic rings. The SMILES string of the molecule is CC(C)c1ccccc1NC(=O)C(=O)Nc1cc(Cl)ccc1Cl. The monoisotopic (exact) mass is 350 g/mol. The molecular weight excluding hydrogens is 335 g/mol. The predicted molar refractivity (Wildman–Crippen MR) is 94.3 cm³/mol. The summed E-state index contributed by atoms with van der Waals surface area (Å²) in [6.07, 6.45) is 0. The standard InChI is InChI=1S/C17H16Cl2N2O2/c1-10(2)12-5-3-4-6-14(12)20-16(22)17(23)21-15-9-11(18)7-8-13(15)19/h3-10H,1-2H3,(H,20,22)(H,21,23). The first-order chi connectivity index (χ1) is 10.9. The number of hydrogen-bond acceptors (Lipinski definition) is 2. The zero-order valence-corrected chi connectivity index (χ0v) is 14.2. The van der Waals surface area contributed by atoms with E-state index in [9.17, 15) is 9.59 Å². The summed E-state index contributed by atoms with van der Waals surface area (Å²) < 4.78 is 0. The van der Waals surface area contributed by atoms with E-state index in [1.54, 1.807) is 24.3 Å². The highest BCUT2D eigenvalue weighted by atomic mass is 35.5. The maximum Gasteiger partial charge on any atom is 0.314 e. The number of carbonyl (C=O) groups is 2. The van der Waals surface area contributed by atoms with Crippen molar-refractivity contribution in [2.24, 2.45) is 0 Å². The van der Waals surface area contributed by atoms with E-state index < -0.39 is 11.8 Å². The zero-order valence-electron chi connectivity index (χ0n) is 12.7. The molecule has 6 heteroatoms. The summed E-state index contributed by atoms with van der Waals surface area (Å²) in [4.78, 5) is 24.1. The van der Waals surface area contributed by atoms with Gasteiger partial charge < -0.3 is 10.6 Å². The van der Waals surface area contributed by atoms with E-state index in [1.165, 1.54) is 6.07 Å². The Morgan fingerprint density at radius 1 is 0.913 bits per heavy atom. The molecule has 2 rings (SSSR count). The highest BCUT2D eigenvalue weighted by molar-refractivity contribution is 6.45.